The van der Waals surface area contributed by atoms with Crippen LogP contribution in [0.25, 0.3) is 0 Å². The molecule has 1 aliphatic heterocycles. The molecule has 0 saturated carbocycles. The Kier molecular flexibility index (Phi) is 7.77. The first kappa shape index (κ1) is 24.5. The molecule has 0 radical (unpaired) electrons. The molecule has 2 aromatic carbocycles. The number of rotatable bonds is 6. The third kappa shape index (κ3) is 5.41. The van der Waals surface area contributed by atoms with E-state index in [1.54, 1.807) is 4.90 Å². The van der Waals surface area contributed by atoms with Gasteiger partial charge in [0.15, 0.2) is 9.84 Å². The van der Waals surface area contributed by atoms with Crippen LogP contribution in [-0.4, -0.2) is 38.6 Å². The number of halogens is 3. The van der Waals surface area contributed by atoms with Gasteiger partial charge < -0.3 is 9.64 Å². The van der Waals surface area contributed by atoms with E-state index in [0.717, 1.165) is 37.5 Å². The third-order valence-electron chi connectivity index (χ3n) is 5.77. The molecule has 0 N–H and O–H groups in total. The van der Waals surface area contributed by atoms with Crippen molar-refractivity contribution in [1.29, 1.82) is 0 Å². The molecule has 9 heteroatoms. The molecule has 0 bridgehead atoms. The summed E-state index contributed by atoms with van der Waals surface area (Å²) in [5.74, 6) is -2.46. The van der Waals surface area contributed by atoms with Crippen molar-refractivity contribution in [2.45, 2.75) is 49.3 Å². The van der Waals surface area contributed by atoms with Crippen molar-refractivity contribution in [1.82, 2.24) is 4.90 Å². The van der Waals surface area contributed by atoms with E-state index in [9.17, 15) is 22.0 Å². The lowest BCUT2D eigenvalue weighted by molar-refractivity contribution is 0.0668. The highest BCUT2D eigenvalue weighted by Crippen LogP contribution is 2.37. The molecule has 32 heavy (non-hydrogen) atoms. The smallest absolute Gasteiger partial charge is 0.410 e. The zero-order chi connectivity index (χ0) is 23.5. The average molecular weight is 486 g/mol. The second-order valence-electron chi connectivity index (χ2n) is 8.18. The highest BCUT2D eigenvalue weighted by Gasteiger charge is 2.37. The number of sulfone groups is 1. The monoisotopic (exact) mass is 485 g/mol. The number of nitrogens with zero attached hydrogens (tertiary/aromatic N) is 1. The number of hydrogen-bond donors (Lipinski definition) is 0. The predicted octanol–water partition coefficient (Wildman–Crippen LogP) is 5.78. The molecule has 5 nitrogen and oxygen atoms in total. The number of carbonyl (C=O) groups excluding carboxylic acids is 1. The van der Waals surface area contributed by atoms with Crippen molar-refractivity contribution in [3.05, 3.63) is 64.7 Å². The van der Waals surface area contributed by atoms with Gasteiger partial charge in [0.1, 0.15) is 11.6 Å². The van der Waals surface area contributed by atoms with Crippen LogP contribution in [0.15, 0.2) is 47.4 Å². The van der Waals surface area contributed by atoms with E-state index < -0.39 is 38.7 Å². The summed E-state index contributed by atoms with van der Waals surface area (Å²) in [5, 5.41) is -1.12. The minimum absolute atomic E-state index is 0.0285. The van der Waals surface area contributed by atoms with Crippen LogP contribution in [0, 0.1) is 17.6 Å². The third-order valence-corrected chi connectivity index (χ3v) is 8.33. The van der Waals surface area contributed by atoms with Crippen LogP contribution in [0.2, 0.25) is 5.02 Å². The molecule has 1 unspecified atom stereocenters. The van der Waals surface area contributed by atoms with Crippen molar-refractivity contribution < 1.29 is 26.7 Å². The molecule has 3 rings (SSSR count). The summed E-state index contributed by atoms with van der Waals surface area (Å²) in [6, 6.07) is 8.17. The summed E-state index contributed by atoms with van der Waals surface area (Å²) < 4.78 is 61.0. The van der Waals surface area contributed by atoms with Crippen molar-refractivity contribution in [3.8, 4) is 0 Å². The molecule has 1 aliphatic rings. The maximum Gasteiger partial charge on any atom is 0.410 e. The van der Waals surface area contributed by atoms with E-state index in [0.29, 0.717) is 11.6 Å². The lowest BCUT2D eigenvalue weighted by atomic mass is 10.0. The summed E-state index contributed by atoms with van der Waals surface area (Å²) in [6.07, 6.45) is 2.23. The Morgan fingerprint density at radius 2 is 1.88 bits per heavy atom. The van der Waals surface area contributed by atoms with E-state index >= 15 is 0 Å². The molecular formula is C23H26ClF2NO4S. The van der Waals surface area contributed by atoms with Gasteiger partial charge in [0.2, 0.25) is 0 Å². The number of carbonyl (C=O) groups is 1. The van der Waals surface area contributed by atoms with Crippen LogP contribution in [0.1, 0.15) is 43.9 Å². The summed E-state index contributed by atoms with van der Waals surface area (Å²) in [5.41, 5.74) is -0.310. The predicted molar refractivity (Wildman–Crippen MR) is 118 cm³/mol. The lowest BCUT2D eigenvalue weighted by Gasteiger charge is -2.33. The van der Waals surface area contributed by atoms with Gasteiger partial charge in [0.25, 0.3) is 0 Å². The zero-order valence-corrected chi connectivity index (χ0v) is 19.5. The molecule has 0 aromatic heterocycles. The van der Waals surface area contributed by atoms with Crippen LogP contribution in [0.3, 0.4) is 0 Å². The topological polar surface area (TPSA) is 63.7 Å². The Balaban J connectivity index is 1.91. The number of ether oxygens (including phenoxy) is 1. The molecular weight excluding hydrogens is 460 g/mol. The molecule has 2 aromatic rings. The quantitative estimate of drug-likeness (QED) is 0.520. The van der Waals surface area contributed by atoms with E-state index in [4.69, 9.17) is 16.3 Å². The Bertz CT molecular complexity index is 1060. The van der Waals surface area contributed by atoms with E-state index in [2.05, 4.69) is 0 Å². The van der Waals surface area contributed by atoms with Crippen molar-refractivity contribution in [2.75, 3.05) is 13.2 Å². The van der Waals surface area contributed by atoms with Crippen LogP contribution in [0.4, 0.5) is 13.6 Å². The minimum Gasteiger partial charge on any atom is -0.449 e. The lowest BCUT2D eigenvalue weighted by Crippen LogP contribution is -2.43. The largest absolute Gasteiger partial charge is 0.449 e. The molecule has 1 fully saturated rings. The van der Waals surface area contributed by atoms with Gasteiger partial charge in [0.05, 0.1) is 16.8 Å². The van der Waals surface area contributed by atoms with E-state index in [1.807, 2.05) is 6.92 Å². The van der Waals surface area contributed by atoms with Gasteiger partial charge in [-0.1, -0.05) is 18.5 Å². The standard InChI is InChI=1S/C23H26ClF2NO4S/c1-15(14-31-23(28)27-12-4-3-5-16(27)2)22(20-13-18(25)8-11-21(20)26)32(29,30)19-9-6-17(24)7-10-19/h6-11,13,15-16,22H,3-5,12,14H2,1-2H3/t15-,16?,22+/m1/s1. The highest BCUT2D eigenvalue weighted by molar-refractivity contribution is 7.91. The number of benzene rings is 2. The van der Waals surface area contributed by atoms with E-state index in [1.165, 1.54) is 31.2 Å². The Hall–Kier alpha value is -2.19. The summed E-state index contributed by atoms with van der Waals surface area (Å²) in [7, 11) is -4.16. The van der Waals surface area contributed by atoms with Crippen LogP contribution in [0.5, 0.6) is 0 Å². The highest BCUT2D eigenvalue weighted by atomic mass is 35.5. The molecule has 1 saturated heterocycles. The first-order chi connectivity index (χ1) is 15.1. The van der Waals surface area contributed by atoms with Gasteiger partial charge in [-0.2, -0.15) is 0 Å². The fourth-order valence-corrected chi connectivity index (χ4v) is 6.17. The molecule has 0 aliphatic carbocycles. The second-order valence-corrected chi connectivity index (χ2v) is 10.7. The summed E-state index contributed by atoms with van der Waals surface area (Å²) >= 11 is 5.87. The van der Waals surface area contributed by atoms with Gasteiger partial charge >= 0.3 is 6.09 Å². The van der Waals surface area contributed by atoms with Crippen molar-refractivity contribution in [3.63, 3.8) is 0 Å². The Labute approximate surface area is 192 Å². The molecule has 0 spiro atoms. The van der Waals surface area contributed by atoms with Gasteiger partial charge in [-0.25, -0.2) is 22.0 Å². The maximum atomic E-state index is 14.7. The van der Waals surface area contributed by atoms with Crippen molar-refractivity contribution >= 4 is 27.5 Å². The average Bonchev–Trinajstić information content (AvgIpc) is 2.75. The number of likely N-dealkylation sites (tertiary alicyclic amines) is 1. The first-order valence-electron chi connectivity index (χ1n) is 10.5. The fraction of sp³-hybridized carbons (Fsp3) is 0.435. The molecule has 1 heterocycles. The van der Waals surface area contributed by atoms with Crippen LogP contribution in [-0.2, 0) is 14.6 Å². The van der Waals surface area contributed by atoms with Gasteiger partial charge in [0, 0.05) is 29.1 Å². The maximum absolute atomic E-state index is 14.7. The molecule has 3 atom stereocenters. The van der Waals surface area contributed by atoms with Gasteiger partial charge in [-0.15, -0.1) is 0 Å². The summed E-state index contributed by atoms with van der Waals surface area (Å²) in [4.78, 5) is 14.1. The second kappa shape index (κ2) is 10.2. The SMILES string of the molecule is CC1CCCCN1C(=O)OC[C@@H](C)[C@@H](c1cc(F)ccc1F)S(=O)(=O)c1ccc(Cl)cc1. The van der Waals surface area contributed by atoms with Crippen molar-refractivity contribution in [2.24, 2.45) is 5.92 Å². The molecule has 174 valence electrons. The molecule has 1 amide bonds. The normalized spacial score (nSPS) is 18.8. The number of piperidine rings is 1. The minimum atomic E-state index is -4.16. The summed E-state index contributed by atoms with van der Waals surface area (Å²) in [6.45, 7) is 3.77. The number of hydrogen-bond acceptors (Lipinski definition) is 4. The van der Waals surface area contributed by atoms with Crippen LogP contribution >= 0.6 is 11.6 Å². The van der Waals surface area contributed by atoms with Gasteiger partial charge in [-0.3, -0.25) is 0 Å². The van der Waals surface area contributed by atoms with E-state index in [-0.39, 0.29) is 23.1 Å². The Morgan fingerprint density at radius 1 is 1.19 bits per heavy atom. The Morgan fingerprint density at radius 3 is 2.53 bits per heavy atom. The first-order valence-corrected chi connectivity index (χ1v) is 12.4. The number of amides is 1. The zero-order valence-electron chi connectivity index (χ0n) is 17.9. The van der Waals surface area contributed by atoms with Gasteiger partial charge in [-0.05, 0) is 68.7 Å². The van der Waals surface area contributed by atoms with Crippen LogP contribution < -0.4 is 0 Å². The fourth-order valence-electron chi connectivity index (χ4n) is 4.03.